The van der Waals surface area contributed by atoms with Crippen LogP contribution in [0.4, 0.5) is 0 Å². The maximum absolute atomic E-state index is 5.84. The van der Waals surface area contributed by atoms with Gasteiger partial charge in [0, 0.05) is 16.8 Å². The molecule has 19 heavy (non-hydrogen) atoms. The minimum absolute atomic E-state index is 0.272. The molecule has 0 amide bonds. The van der Waals surface area contributed by atoms with Crippen LogP contribution in [-0.2, 0) is 0 Å². The molecule has 0 aliphatic rings. The Bertz CT molecular complexity index is 626. The summed E-state index contributed by atoms with van der Waals surface area (Å²) < 4.78 is 5.82. The SMILES string of the molecule is Cc1cc(Oc2ccc(Cl)cc2)c(C(N)=S)c(C)n1. The van der Waals surface area contributed by atoms with Crippen LogP contribution in [0.5, 0.6) is 11.5 Å². The van der Waals surface area contributed by atoms with Gasteiger partial charge in [-0.1, -0.05) is 23.8 Å². The van der Waals surface area contributed by atoms with Gasteiger partial charge in [0.15, 0.2) is 0 Å². The van der Waals surface area contributed by atoms with Crippen LogP contribution in [0.3, 0.4) is 0 Å². The number of nitrogens with two attached hydrogens (primary N) is 1. The third-order valence-corrected chi connectivity index (χ3v) is 3.04. The number of hydrogen-bond donors (Lipinski definition) is 1. The summed E-state index contributed by atoms with van der Waals surface area (Å²) in [6.07, 6.45) is 0. The fourth-order valence-electron chi connectivity index (χ4n) is 1.80. The number of hydrogen-bond acceptors (Lipinski definition) is 3. The second-order valence-electron chi connectivity index (χ2n) is 4.14. The Morgan fingerprint density at radius 2 is 1.89 bits per heavy atom. The van der Waals surface area contributed by atoms with Gasteiger partial charge in [0.05, 0.1) is 11.3 Å². The number of halogens is 1. The molecule has 98 valence electrons. The number of benzene rings is 1. The van der Waals surface area contributed by atoms with Crippen molar-refractivity contribution in [3.8, 4) is 11.5 Å². The second-order valence-corrected chi connectivity index (χ2v) is 5.02. The lowest BCUT2D eigenvalue weighted by Gasteiger charge is -2.13. The van der Waals surface area contributed by atoms with E-state index in [0.717, 1.165) is 11.4 Å². The number of aryl methyl sites for hydroxylation is 2. The van der Waals surface area contributed by atoms with E-state index in [9.17, 15) is 0 Å². The average molecular weight is 293 g/mol. The lowest BCUT2D eigenvalue weighted by molar-refractivity contribution is 0.480. The monoisotopic (exact) mass is 292 g/mol. The van der Waals surface area contributed by atoms with Crippen molar-refractivity contribution >= 4 is 28.8 Å². The molecule has 2 N–H and O–H groups in total. The van der Waals surface area contributed by atoms with Crippen molar-refractivity contribution < 1.29 is 4.74 Å². The van der Waals surface area contributed by atoms with Crippen LogP contribution in [0.2, 0.25) is 5.02 Å². The lowest BCUT2D eigenvalue weighted by atomic mass is 10.1. The molecule has 0 bridgehead atoms. The zero-order chi connectivity index (χ0) is 14.0. The molecule has 0 saturated heterocycles. The van der Waals surface area contributed by atoms with Gasteiger partial charge >= 0.3 is 0 Å². The molecule has 2 aromatic rings. The average Bonchev–Trinajstić information content (AvgIpc) is 2.30. The number of nitrogens with zero attached hydrogens (tertiary/aromatic N) is 1. The summed E-state index contributed by atoms with van der Waals surface area (Å²) in [5.74, 6) is 1.28. The first-order valence-electron chi connectivity index (χ1n) is 5.69. The van der Waals surface area contributed by atoms with Gasteiger partial charge < -0.3 is 10.5 Å². The molecule has 0 aliphatic carbocycles. The van der Waals surface area contributed by atoms with E-state index in [2.05, 4.69) is 4.98 Å². The van der Waals surface area contributed by atoms with E-state index in [-0.39, 0.29) is 4.99 Å². The fourth-order valence-corrected chi connectivity index (χ4v) is 2.18. The van der Waals surface area contributed by atoms with Crippen LogP contribution in [0.15, 0.2) is 30.3 Å². The maximum atomic E-state index is 5.84. The van der Waals surface area contributed by atoms with Crippen LogP contribution >= 0.6 is 23.8 Å². The summed E-state index contributed by atoms with van der Waals surface area (Å²) in [5, 5.41) is 0.656. The molecular weight excluding hydrogens is 280 g/mol. The Morgan fingerprint density at radius 3 is 2.47 bits per heavy atom. The van der Waals surface area contributed by atoms with Crippen LogP contribution in [0.25, 0.3) is 0 Å². The van der Waals surface area contributed by atoms with Gasteiger partial charge in [-0.3, -0.25) is 4.98 Å². The Kier molecular flexibility index (Phi) is 4.02. The number of thiocarbonyl (C=S) groups is 1. The third-order valence-electron chi connectivity index (χ3n) is 2.58. The Hall–Kier alpha value is -1.65. The molecule has 2 rings (SSSR count). The molecule has 1 aromatic heterocycles. The number of pyridine rings is 1. The van der Waals surface area contributed by atoms with Crippen LogP contribution in [-0.4, -0.2) is 9.97 Å². The van der Waals surface area contributed by atoms with Crippen molar-refractivity contribution in [2.75, 3.05) is 0 Å². The number of ether oxygens (including phenoxy) is 1. The molecular formula is C14H13ClN2OS. The summed E-state index contributed by atoms with van der Waals surface area (Å²) in [7, 11) is 0. The van der Waals surface area contributed by atoms with Crippen LogP contribution in [0, 0.1) is 13.8 Å². The molecule has 0 fully saturated rings. The first-order chi connectivity index (χ1) is 8.97. The van der Waals surface area contributed by atoms with Crippen molar-refractivity contribution in [1.82, 2.24) is 4.98 Å². The number of aromatic nitrogens is 1. The van der Waals surface area contributed by atoms with Crippen LogP contribution < -0.4 is 10.5 Å². The minimum Gasteiger partial charge on any atom is -0.456 e. The largest absolute Gasteiger partial charge is 0.456 e. The lowest BCUT2D eigenvalue weighted by Crippen LogP contribution is -2.14. The molecule has 0 aliphatic heterocycles. The summed E-state index contributed by atoms with van der Waals surface area (Å²) >= 11 is 10.9. The van der Waals surface area contributed by atoms with Crippen molar-refractivity contribution in [3.63, 3.8) is 0 Å². The summed E-state index contributed by atoms with van der Waals surface area (Å²) in [6.45, 7) is 3.75. The normalized spacial score (nSPS) is 10.3. The van der Waals surface area contributed by atoms with E-state index < -0.39 is 0 Å². The van der Waals surface area contributed by atoms with Gasteiger partial charge in [-0.15, -0.1) is 0 Å². The molecule has 0 unspecified atom stereocenters. The van der Waals surface area contributed by atoms with Crippen molar-refractivity contribution in [2.24, 2.45) is 5.73 Å². The molecule has 0 saturated carbocycles. The molecule has 3 nitrogen and oxygen atoms in total. The first kappa shape index (κ1) is 13.8. The Balaban J connectivity index is 2.44. The highest BCUT2D eigenvalue weighted by molar-refractivity contribution is 7.80. The van der Waals surface area contributed by atoms with E-state index in [0.29, 0.717) is 22.1 Å². The Morgan fingerprint density at radius 1 is 1.26 bits per heavy atom. The molecule has 0 radical (unpaired) electrons. The minimum atomic E-state index is 0.272. The standard InChI is InChI=1S/C14H13ClN2OS/c1-8-7-12(13(14(16)19)9(2)17-8)18-11-5-3-10(15)4-6-11/h3-7H,1-2H3,(H2,16,19). The van der Waals surface area contributed by atoms with Crippen molar-refractivity contribution in [3.05, 3.63) is 52.3 Å². The quantitative estimate of drug-likeness (QED) is 0.875. The van der Waals surface area contributed by atoms with Gasteiger partial charge in [0.2, 0.25) is 0 Å². The van der Waals surface area contributed by atoms with E-state index in [1.165, 1.54) is 0 Å². The second kappa shape index (κ2) is 5.55. The fraction of sp³-hybridized carbons (Fsp3) is 0.143. The van der Waals surface area contributed by atoms with Gasteiger partial charge in [0.25, 0.3) is 0 Å². The van der Waals surface area contributed by atoms with Gasteiger partial charge in [0.1, 0.15) is 16.5 Å². The first-order valence-corrected chi connectivity index (χ1v) is 6.47. The molecule has 0 spiro atoms. The number of rotatable bonds is 3. The maximum Gasteiger partial charge on any atom is 0.141 e. The van der Waals surface area contributed by atoms with E-state index in [4.69, 9.17) is 34.3 Å². The highest BCUT2D eigenvalue weighted by Crippen LogP contribution is 2.28. The molecule has 5 heteroatoms. The smallest absolute Gasteiger partial charge is 0.141 e. The van der Waals surface area contributed by atoms with Gasteiger partial charge in [-0.05, 0) is 38.1 Å². The molecule has 0 atom stereocenters. The topological polar surface area (TPSA) is 48.1 Å². The van der Waals surface area contributed by atoms with Crippen LogP contribution in [0.1, 0.15) is 17.0 Å². The zero-order valence-electron chi connectivity index (χ0n) is 10.6. The molecule has 1 aromatic carbocycles. The summed E-state index contributed by atoms with van der Waals surface area (Å²) in [4.78, 5) is 4.61. The van der Waals surface area contributed by atoms with E-state index in [1.807, 2.05) is 19.9 Å². The predicted octanol–water partition coefficient (Wildman–Crippen LogP) is 3.78. The predicted molar refractivity (Wildman–Crippen MR) is 81.1 cm³/mol. The van der Waals surface area contributed by atoms with Gasteiger partial charge in [-0.25, -0.2) is 0 Å². The zero-order valence-corrected chi connectivity index (χ0v) is 12.2. The van der Waals surface area contributed by atoms with E-state index in [1.54, 1.807) is 24.3 Å². The highest BCUT2D eigenvalue weighted by Gasteiger charge is 2.13. The Labute approximate surface area is 122 Å². The third kappa shape index (κ3) is 3.22. The van der Waals surface area contributed by atoms with E-state index >= 15 is 0 Å². The van der Waals surface area contributed by atoms with Crippen molar-refractivity contribution in [1.29, 1.82) is 0 Å². The molecule has 1 heterocycles. The summed E-state index contributed by atoms with van der Waals surface area (Å²) in [5.41, 5.74) is 8.01. The highest BCUT2D eigenvalue weighted by atomic mass is 35.5. The van der Waals surface area contributed by atoms with Gasteiger partial charge in [-0.2, -0.15) is 0 Å². The van der Waals surface area contributed by atoms with Crippen molar-refractivity contribution in [2.45, 2.75) is 13.8 Å². The summed E-state index contributed by atoms with van der Waals surface area (Å²) in [6, 6.07) is 8.92.